The monoisotopic (exact) mass is 234 g/mol. The van der Waals surface area contributed by atoms with E-state index in [1.54, 1.807) is 31.3 Å². The number of nitrogens with zero attached hydrogens (tertiary/aromatic N) is 2. The lowest BCUT2D eigenvalue weighted by Crippen LogP contribution is -2.28. The minimum atomic E-state index is -0.259. The van der Waals surface area contributed by atoms with Crippen molar-refractivity contribution in [1.29, 1.82) is 0 Å². The molecule has 4 N–H and O–H groups in total. The number of carbonyl (C=O) groups excluding carboxylic acids is 2. The van der Waals surface area contributed by atoms with Gasteiger partial charge in [-0.05, 0) is 18.2 Å². The molecular formula is C11H14N4O2. The van der Waals surface area contributed by atoms with Gasteiger partial charge in [0.1, 0.15) is 6.29 Å². The van der Waals surface area contributed by atoms with Gasteiger partial charge in [0.05, 0.1) is 12.2 Å². The number of benzene rings is 1. The van der Waals surface area contributed by atoms with Crippen molar-refractivity contribution in [2.45, 2.75) is 0 Å². The summed E-state index contributed by atoms with van der Waals surface area (Å²) in [4.78, 5) is 27.3. The summed E-state index contributed by atoms with van der Waals surface area (Å²) in [6.07, 6.45) is 0.664. The number of guanidine groups is 1. The van der Waals surface area contributed by atoms with E-state index in [1.165, 1.54) is 4.90 Å². The van der Waals surface area contributed by atoms with Gasteiger partial charge in [0, 0.05) is 12.6 Å². The van der Waals surface area contributed by atoms with Gasteiger partial charge in [-0.2, -0.15) is 0 Å². The summed E-state index contributed by atoms with van der Waals surface area (Å²) >= 11 is 0. The van der Waals surface area contributed by atoms with Gasteiger partial charge in [0.15, 0.2) is 5.96 Å². The molecule has 17 heavy (non-hydrogen) atoms. The third-order valence-corrected chi connectivity index (χ3v) is 2.05. The summed E-state index contributed by atoms with van der Waals surface area (Å²) < 4.78 is 0. The maximum Gasteiger partial charge on any atom is 0.254 e. The van der Waals surface area contributed by atoms with E-state index in [0.29, 0.717) is 17.5 Å². The molecule has 0 heterocycles. The molecule has 0 fully saturated rings. The van der Waals surface area contributed by atoms with Crippen LogP contribution < -0.4 is 11.5 Å². The summed E-state index contributed by atoms with van der Waals surface area (Å²) in [6, 6.07) is 6.54. The third-order valence-electron chi connectivity index (χ3n) is 2.05. The van der Waals surface area contributed by atoms with Gasteiger partial charge in [0.25, 0.3) is 5.91 Å². The van der Waals surface area contributed by atoms with E-state index in [9.17, 15) is 9.59 Å². The standard InChI is InChI=1S/C11H14N4O2/c1-15(5-6-16)10(17)8-3-2-4-9(7-8)14-11(12)13/h2-4,6-7H,5H2,1H3,(H4,12,13,14). The zero-order chi connectivity index (χ0) is 12.8. The molecule has 0 aliphatic heterocycles. The highest BCUT2D eigenvalue weighted by Crippen LogP contribution is 2.14. The molecule has 1 aromatic carbocycles. The molecule has 0 saturated carbocycles. The molecule has 6 heteroatoms. The van der Waals surface area contributed by atoms with Gasteiger partial charge < -0.3 is 21.2 Å². The Balaban J connectivity index is 2.95. The molecule has 0 radical (unpaired) electrons. The van der Waals surface area contributed by atoms with Crippen molar-refractivity contribution < 1.29 is 9.59 Å². The number of carbonyl (C=O) groups is 2. The molecule has 90 valence electrons. The van der Waals surface area contributed by atoms with Crippen LogP contribution in [0.4, 0.5) is 5.69 Å². The van der Waals surface area contributed by atoms with Crippen LogP contribution in [-0.2, 0) is 4.79 Å². The molecule has 1 rings (SSSR count). The van der Waals surface area contributed by atoms with Crippen LogP contribution in [0.15, 0.2) is 29.3 Å². The van der Waals surface area contributed by atoms with Gasteiger partial charge in [0.2, 0.25) is 0 Å². The Labute approximate surface area is 98.9 Å². The van der Waals surface area contributed by atoms with Crippen LogP contribution in [0, 0.1) is 0 Å². The highest BCUT2D eigenvalue weighted by molar-refractivity contribution is 5.96. The number of hydrogen-bond acceptors (Lipinski definition) is 3. The first kappa shape index (κ1) is 12.7. The Bertz CT molecular complexity index is 453. The normalized spacial score (nSPS) is 9.47. The number of amides is 1. The van der Waals surface area contributed by atoms with E-state index in [-0.39, 0.29) is 18.4 Å². The Morgan fingerprint density at radius 2 is 2.18 bits per heavy atom. The lowest BCUT2D eigenvalue weighted by molar-refractivity contribution is -0.108. The fraction of sp³-hybridized carbons (Fsp3) is 0.182. The largest absolute Gasteiger partial charge is 0.370 e. The summed E-state index contributed by atoms with van der Waals surface area (Å²) in [5.41, 5.74) is 11.4. The van der Waals surface area contributed by atoms with Gasteiger partial charge in [-0.1, -0.05) is 6.07 Å². The third kappa shape index (κ3) is 3.60. The summed E-state index contributed by atoms with van der Waals surface area (Å²) in [7, 11) is 1.55. The molecule has 6 nitrogen and oxygen atoms in total. The topological polar surface area (TPSA) is 102 Å². The van der Waals surface area contributed by atoms with Gasteiger partial charge in [-0.25, -0.2) is 4.99 Å². The maximum atomic E-state index is 11.8. The zero-order valence-electron chi connectivity index (χ0n) is 9.46. The number of nitrogens with two attached hydrogens (primary N) is 2. The SMILES string of the molecule is CN(CC=O)C(=O)c1cccc(N=C(N)N)c1. The molecular weight excluding hydrogens is 220 g/mol. The molecule has 1 aromatic rings. The van der Waals surface area contributed by atoms with Crippen molar-refractivity contribution in [3.05, 3.63) is 29.8 Å². The zero-order valence-corrected chi connectivity index (χ0v) is 9.46. The van der Waals surface area contributed by atoms with Crippen molar-refractivity contribution in [2.24, 2.45) is 16.5 Å². The van der Waals surface area contributed by atoms with Crippen molar-refractivity contribution in [3.63, 3.8) is 0 Å². The molecule has 0 unspecified atom stereocenters. The van der Waals surface area contributed by atoms with E-state index in [4.69, 9.17) is 11.5 Å². The average molecular weight is 234 g/mol. The Hall–Kier alpha value is -2.37. The first-order chi connectivity index (χ1) is 8.04. The summed E-state index contributed by atoms with van der Waals surface area (Å²) in [5.74, 6) is -0.333. The summed E-state index contributed by atoms with van der Waals surface area (Å²) in [5, 5.41) is 0. The average Bonchev–Trinajstić information content (AvgIpc) is 2.28. The predicted molar refractivity (Wildman–Crippen MR) is 64.9 cm³/mol. The predicted octanol–water partition coefficient (Wildman–Crippen LogP) is -0.138. The second-order valence-electron chi connectivity index (χ2n) is 3.44. The lowest BCUT2D eigenvalue weighted by Gasteiger charge is -2.13. The van der Waals surface area contributed by atoms with Crippen molar-refractivity contribution in [1.82, 2.24) is 4.90 Å². The first-order valence-electron chi connectivity index (χ1n) is 4.93. The number of aliphatic imine (C=N–C) groups is 1. The van der Waals surface area contributed by atoms with Crippen molar-refractivity contribution in [3.8, 4) is 0 Å². The molecule has 0 bridgehead atoms. The maximum absolute atomic E-state index is 11.8. The minimum Gasteiger partial charge on any atom is -0.370 e. The molecule has 0 aliphatic rings. The lowest BCUT2D eigenvalue weighted by atomic mass is 10.2. The van der Waals surface area contributed by atoms with Crippen LogP contribution >= 0.6 is 0 Å². The Morgan fingerprint density at radius 1 is 1.47 bits per heavy atom. The smallest absolute Gasteiger partial charge is 0.254 e. The molecule has 0 saturated heterocycles. The second kappa shape index (κ2) is 5.64. The van der Waals surface area contributed by atoms with Crippen molar-refractivity contribution in [2.75, 3.05) is 13.6 Å². The van der Waals surface area contributed by atoms with Crippen molar-refractivity contribution >= 4 is 23.8 Å². The van der Waals surface area contributed by atoms with Gasteiger partial charge in [-0.3, -0.25) is 4.79 Å². The van der Waals surface area contributed by atoms with Crippen LogP contribution in [0.2, 0.25) is 0 Å². The fourth-order valence-corrected chi connectivity index (χ4v) is 1.27. The summed E-state index contributed by atoms with van der Waals surface area (Å²) in [6.45, 7) is 0.0470. The fourth-order valence-electron chi connectivity index (χ4n) is 1.27. The van der Waals surface area contributed by atoms with Crippen LogP contribution in [0.25, 0.3) is 0 Å². The molecule has 0 spiro atoms. The van der Waals surface area contributed by atoms with Crippen LogP contribution in [0.3, 0.4) is 0 Å². The number of aldehydes is 1. The van der Waals surface area contributed by atoms with E-state index in [1.807, 2.05) is 0 Å². The van der Waals surface area contributed by atoms with Crippen LogP contribution in [0.5, 0.6) is 0 Å². The minimum absolute atomic E-state index is 0.0470. The number of rotatable bonds is 4. The van der Waals surface area contributed by atoms with Gasteiger partial charge in [-0.15, -0.1) is 0 Å². The Kier molecular flexibility index (Phi) is 4.21. The van der Waals surface area contributed by atoms with E-state index < -0.39 is 0 Å². The highest BCUT2D eigenvalue weighted by atomic mass is 16.2. The highest BCUT2D eigenvalue weighted by Gasteiger charge is 2.11. The number of likely N-dealkylation sites (N-methyl/N-ethyl adjacent to an activating group) is 1. The first-order valence-corrected chi connectivity index (χ1v) is 4.93. The van der Waals surface area contributed by atoms with E-state index >= 15 is 0 Å². The molecule has 0 atom stereocenters. The van der Waals surface area contributed by atoms with Crippen LogP contribution in [-0.4, -0.2) is 36.6 Å². The molecule has 0 aliphatic carbocycles. The van der Waals surface area contributed by atoms with Crippen LogP contribution in [0.1, 0.15) is 10.4 Å². The van der Waals surface area contributed by atoms with Gasteiger partial charge >= 0.3 is 0 Å². The second-order valence-corrected chi connectivity index (χ2v) is 3.44. The van der Waals surface area contributed by atoms with E-state index in [2.05, 4.69) is 4.99 Å². The quantitative estimate of drug-likeness (QED) is 0.430. The molecule has 1 amide bonds. The van der Waals surface area contributed by atoms with E-state index in [0.717, 1.165) is 0 Å². The Morgan fingerprint density at radius 3 is 2.76 bits per heavy atom. The number of hydrogen-bond donors (Lipinski definition) is 2. The molecule has 0 aromatic heterocycles.